The number of nitrogens with zero attached hydrogens (tertiary/aromatic N) is 7. The van der Waals surface area contributed by atoms with Gasteiger partial charge in [0.2, 0.25) is 11.8 Å². The summed E-state index contributed by atoms with van der Waals surface area (Å²) in [6.45, 7) is 3.25. The van der Waals surface area contributed by atoms with Gasteiger partial charge < -0.3 is 29.7 Å². The molecule has 3 aromatic heterocycles. The van der Waals surface area contributed by atoms with Crippen molar-refractivity contribution < 1.29 is 23.5 Å². The zero-order valence-corrected chi connectivity index (χ0v) is 28.1. The van der Waals surface area contributed by atoms with Gasteiger partial charge in [0, 0.05) is 85.8 Å². The maximum atomic E-state index is 16.7. The number of para-hydroxylation sites is 1. The molecule has 260 valence electrons. The van der Waals surface area contributed by atoms with Crippen molar-refractivity contribution in [1.82, 2.24) is 34.8 Å². The highest BCUT2D eigenvalue weighted by molar-refractivity contribution is 6.05. The summed E-state index contributed by atoms with van der Waals surface area (Å²) in [6.07, 6.45) is 8.07. The van der Waals surface area contributed by atoms with Crippen LogP contribution in [0.3, 0.4) is 0 Å². The van der Waals surface area contributed by atoms with Gasteiger partial charge in [-0.15, -0.1) is 5.10 Å². The number of aromatic amines is 1. The monoisotopic (exact) mass is 689 g/mol. The van der Waals surface area contributed by atoms with Crippen LogP contribution >= 0.6 is 0 Å². The summed E-state index contributed by atoms with van der Waals surface area (Å²) in [4.78, 5) is 52.3. The third-order valence-electron chi connectivity index (χ3n) is 9.89. The van der Waals surface area contributed by atoms with Crippen LogP contribution in [0.4, 0.5) is 15.9 Å². The van der Waals surface area contributed by atoms with Crippen LogP contribution in [0.5, 0.6) is 5.75 Å². The minimum atomic E-state index is -0.481. The molecule has 3 aliphatic rings. The number of carbonyl (C=O) groups is 3. The molecule has 1 saturated heterocycles. The van der Waals surface area contributed by atoms with Crippen molar-refractivity contribution in [2.45, 2.75) is 25.8 Å². The number of hydrogen-bond acceptors (Lipinski definition) is 8. The average Bonchev–Trinajstić information content (AvgIpc) is 3.94. The molecule has 2 aromatic carbocycles. The lowest BCUT2D eigenvalue weighted by molar-refractivity contribution is -0.131. The molecule has 3 amide bonds. The van der Waals surface area contributed by atoms with Crippen molar-refractivity contribution in [3.05, 3.63) is 89.8 Å². The number of aromatic nitrogens is 5. The van der Waals surface area contributed by atoms with Gasteiger partial charge in [-0.05, 0) is 41.8 Å². The van der Waals surface area contributed by atoms with E-state index in [1.165, 1.54) is 0 Å². The van der Waals surface area contributed by atoms with Crippen LogP contribution in [0.2, 0.25) is 0 Å². The Balaban J connectivity index is 1.08. The van der Waals surface area contributed by atoms with E-state index in [0.717, 1.165) is 16.8 Å². The van der Waals surface area contributed by atoms with E-state index < -0.39 is 5.82 Å². The minimum absolute atomic E-state index is 0.0473. The topological polar surface area (TPSA) is 142 Å². The predicted octanol–water partition coefficient (Wildman–Crippen LogP) is 4.13. The molecule has 13 nitrogen and oxygen atoms in total. The van der Waals surface area contributed by atoms with E-state index in [1.54, 1.807) is 52.3 Å². The highest BCUT2D eigenvalue weighted by Crippen LogP contribution is 2.40. The molecule has 0 bridgehead atoms. The standard InChI is InChI=1S/C37H36FN9O4/c1-51-31-7-3-2-6-24(31)26-19-25(23-5-4-12-46(22-23)33(49)9-13-47-14-11-40-43-47)34(38)35-27(26)20-29(41-35)37(50)45-17-15-44(16-18-45)30-8-10-39-36-28(30)21-32(48)42-36/h2-3,5-8,10-11,14,19-20,41H,4,9,12-13,15-18,21-22H2,1H3,(H,39,42,48). The maximum Gasteiger partial charge on any atom is 0.270 e. The molecule has 5 aromatic rings. The molecule has 2 N–H and O–H groups in total. The lowest BCUT2D eigenvalue weighted by atomic mass is 9.93. The fraction of sp³-hybridized carbons (Fsp3) is 0.297. The van der Waals surface area contributed by atoms with Crippen LogP contribution in [0.1, 0.15) is 34.5 Å². The van der Waals surface area contributed by atoms with Crippen LogP contribution in [-0.2, 0) is 22.6 Å². The van der Waals surface area contributed by atoms with Crippen LogP contribution in [-0.4, -0.2) is 98.9 Å². The Hall–Kier alpha value is -6.05. The quantitative estimate of drug-likeness (QED) is 0.248. The van der Waals surface area contributed by atoms with E-state index >= 15 is 4.39 Å². The van der Waals surface area contributed by atoms with Crippen LogP contribution in [0.15, 0.2) is 67.1 Å². The molecule has 0 spiro atoms. The molecular weight excluding hydrogens is 653 g/mol. The average molecular weight is 690 g/mol. The number of piperazine rings is 1. The van der Waals surface area contributed by atoms with Gasteiger partial charge in [0.25, 0.3) is 5.91 Å². The number of hydrogen-bond donors (Lipinski definition) is 2. The largest absolute Gasteiger partial charge is 0.496 e. The Labute approximate surface area is 292 Å². The van der Waals surface area contributed by atoms with E-state index in [2.05, 4.69) is 30.5 Å². The van der Waals surface area contributed by atoms with Gasteiger partial charge in [0.15, 0.2) is 5.82 Å². The van der Waals surface area contributed by atoms with E-state index in [4.69, 9.17) is 4.74 Å². The van der Waals surface area contributed by atoms with Crippen molar-refractivity contribution >= 4 is 45.7 Å². The number of fused-ring (bicyclic) bond motifs is 2. The summed E-state index contributed by atoms with van der Waals surface area (Å²) in [5, 5.41) is 11.1. The highest BCUT2D eigenvalue weighted by Gasteiger charge is 2.30. The van der Waals surface area contributed by atoms with E-state index in [-0.39, 0.29) is 48.3 Å². The van der Waals surface area contributed by atoms with Crippen molar-refractivity contribution in [3.8, 4) is 16.9 Å². The fourth-order valence-electron chi connectivity index (χ4n) is 7.29. The zero-order chi connectivity index (χ0) is 35.1. The number of pyridine rings is 1. The smallest absolute Gasteiger partial charge is 0.270 e. The summed E-state index contributed by atoms with van der Waals surface area (Å²) < 4.78 is 24.0. The second-order valence-corrected chi connectivity index (χ2v) is 12.9. The third-order valence-corrected chi connectivity index (χ3v) is 9.89. The number of H-pyrrole nitrogens is 1. The molecule has 3 aliphatic heterocycles. The third kappa shape index (κ3) is 6.06. The number of aryl methyl sites for hydroxylation is 1. The van der Waals surface area contributed by atoms with E-state index in [0.29, 0.717) is 79.3 Å². The number of ether oxygens (including phenoxy) is 1. The Morgan fingerprint density at radius 3 is 2.63 bits per heavy atom. The Bertz CT molecular complexity index is 2190. The van der Waals surface area contributed by atoms with Crippen LogP contribution in [0.25, 0.3) is 27.6 Å². The molecule has 6 heterocycles. The summed E-state index contributed by atoms with van der Waals surface area (Å²) >= 11 is 0. The molecule has 0 atom stereocenters. The first kappa shape index (κ1) is 32.2. The number of rotatable bonds is 8. The van der Waals surface area contributed by atoms with Gasteiger partial charge >= 0.3 is 0 Å². The minimum Gasteiger partial charge on any atom is -0.496 e. The van der Waals surface area contributed by atoms with Gasteiger partial charge in [-0.25, -0.2) is 9.37 Å². The van der Waals surface area contributed by atoms with Crippen molar-refractivity contribution in [3.63, 3.8) is 0 Å². The molecule has 0 radical (unpaired) electrons. The Kier molecular flexibility index (Phi) is 8.42. The number of nitrogens with one attached hydrogen (secondary N) is 2. The lowest BCUT2D eigenvalue weighted by Gasteiger charge is -2.36. The number of anilines is 2. The molecule has 1 fully saturated rings. The van der Waals surface area contributed by atoms with Gasteiger partial charge in [-0.2, -0.15) is 0 Å². The first-order chi connectivity index (χ1) is 24.9. The van der Waals surface area contributed by atoms with Crippen molar-refractivity contribution in [2.24, 2.45) is 0 Å². The number of carbonyl (C=O) groups excluding carboxylic acids is 3. The fourth-order valence-corrected chi connectivity index (χ4v) is 7.29. The maximum absolute atomic E-state index is 16.7. The van der Waals surface area contributed by atoms with Crippen LogP contribution < -0.4 is 15.0 Å². The molecule has 51 heavy (non-hydrogen) atoms. The Morgan fingerprint density at radius 2 is 1.82 bits per heavy atom. The number of methoxy groups -OCH3 is 1. The summed E-state index contributed by atoms with van der Waals surface area (Å²) in [6, 6.07) is 13.0. The van der Waals surface area contributed by atoms with Gasteiger partial charge in [0.05, 0.1) is 31.8 Å². The molecular formula is C37H36FN9O4. The second-order valence-electron chi connectivity index (χ2n) is 12.9. The zero-order valence-electron chi connectivity index (χ0n) is 28.1. The molecule has 8 rings (SSSR count). The number of amides is 3. The highest BCUT2D eigenvalue weighted by atomic mass is 19.1. The van der Waals surface area contributed by atoms with Crippen molar-refractivity contribution in [2.75, 3.05) is 56.6 Å². The van der Waals surface area contributed by atoms with E-state index in [1.807, 2.05) is 36.4 Å². The number of halogens is 1. The lowest BCUT2D eigenvalue weighted by Crippen LogP contribution is -2.49. The number of benzene rings is 2. The van der Waals surface area contributed by atoms with Crippen LogP contribution in [0, 0.1) is 5.82 Å². The summed E-state index contributed by atoms with van der Waals surface area (Å²) in [5.74, 6) is 0.372. The predicted molar refractivity (Wildman–Crippen MR) is 189 cm³/mol. The molecule has 14 heteroatoms. The van der Waals surface area contributed by atoms with Crippen molar-refractivity contribution in [1.29, 1.82) is 0 Å². The van der Waals surface area contributed by atoms with E-state index in [9.17, 15) is 14.4 Å². The Morgan fingerprint density at radius 1 is 0.980 bits per heavy atom. The molecule has 0 aliphatic carbocycles. The molecule has 0 unspecified atom stereocenters. The SMILES string of the molecule is COc1ccccc1-c1cc(C2=CCCN(C(=O)CCn3ccnn3)C2)c(F)c2[nH]c(C(=O)N3CCN(c4ccnc5c4CC(=O)N5)CC3)cc12. The normalized spacial score (nSPS) is 15.9. The van der Waals surface area contributed by atoms with Gasteiger partial charge in [-0.3, -0.25) is 19.1 Å². The van der Waals surface area contributed by atoms with Gasteiger partial charge in [-0.1, -0.05) is 29.5 Å². The summed E-state index contributed by atoms with van der Waals surface area (Å²) in [7, 11) is 1.59. The second kappa shape index (κ2) is 13.3. The summed E-state index contributed by atoms with van der Waals surface area (Å²) in [5.41, 5.74) is 4.86. The molecule has 0 saturated carbocycles. The first-order valence-electron chi connectivity index (χ1n) is 17.0. The first-order valence-corrected chi connectivity index (χ1v) is 17.0. The van der Waals surface area contributed by atoms with Gasteiger partial charge in [0.1, 0.15) is 17.3 Å².